The molecule has 0 radical (unpaired) electrons. The number of halogens is 2. The topological polar surface area (TPSA) is 29.9 Å². The van der Waals surface area contributed by atoms with Crippen molar-refractivity contribution in [1.82, 2.24) is 15.1 Å². The number of aryl methyl sites for hydroxylation is 1. The molecule has 0 aliphatic carbocycles. The fourth-order valence-corrected chi connectivity index (χ4v) is 2.25. The van der Waals surface area contributed by atoms with E-state index in [1.165, 1.54) is 5.56 Å². The summed E-state index contributed by atoms with van der Waals surface area (Å²) in [7, 11) is 1.96. The van der Waals surface area contributed by atoms with Crippen molar-refractivity contribution >= 4 is 23.2 Å². The van der Waals surface area contributed by atoms with Gasteiger partial charge in [-0.2, -0.15) is 5.10 Å². The van der Waals surface area contributed by atoms with Gasteiger partial charge in [0.15, 0.2) is 0 Å². The van der Waals surface area contributed by atoms with Crippen molar-refractivity contribution in [3.63, 3.8) is 0 Å². The summed E-state index contributed by atoms with van der Waals surface area (Å²) in [5.41, 5.74) is 2.05. The Kier molecular flexibility index (Phi) is 4.64. The van der Waals surface area contributed by atoms with Crippen LogP contribution in [-0.2, 0) is 6.42 Å². The molecule has 0 bridgehead atoms. The largest absolute Gasteiger partial charge is 0.320 e. The second kappa shape index (κ2) is 6.23. The van der Waals surface area contributed by atoms with Crippen molar-refractivity contribution in [2.45, 2.75) is 12.8 Å². The molecule has 1 N–H and O–H groups in total. The first-order valence-corrected chi connectivity index (χ1v) is 6.60. The summed E-state index contributed by atoms with van der Waals surface area (Å²) in [6, 6.07) is 5.40. The lowest BCUT2D eigenvalue weighted by Crippen LogP contribution is -2.08. The van der Waals surface area contributed by atoms with Gasteiger partial charge >= 0.3 is 0 Å². The lowest BCUT2D eigenvalue weighted by molar-refractivity contribution is 0.724. The quantitative estimate of drug-likeness (QED) is 0.853. The molecular formula is C13H15Cl2N3. The summed E-state index contributed by atoms with van der Waals surface area (Å²) in [5.74, 6) is 0. The normalized spacial score (nSPS) is 10.8. The summed E-state index contributed by atoms with van der Waals surface area (Å²) in [5, 5.41) is 8.69. The maximum atomic E-state index is 6.14. The SMILES string of the molecule is CNCCCc1cnn(-c2ccc(Cl)cc2Cl)c1. The van der Waals surface area contributed by atoms with Gasteiger partial charge in [-0.25, -0.2) is 4.68 Å². The summed E-state index contributed by atoms with van der Waals surface area (Å²) < 4.78 is 1.79. The number of nitrogens with zero attached hydrogens (tertiary/aromatic N) is 2. The van der Waals surface area contributed by atoms with Crippen LogP contribution in [0.1, 0.15) is 12.0 Å². The molecule has 18 heavy (non-hydrogen) atoms. The molecule has 0 fully saturated rings. The first-order valence-electron chi connectivity index (χ1n) is 5.84. The smallest absolute Gasteiger partial charge is 0.0832 e. The van der Waals surface area contributed by atoms with Crippen molar-refractivity contribution in [3.8, 4) is 5.69 Å². The van der Waals surface area contributed by atoms with Gasteiger partial charge in [0.2, 0.25) is 0 Å². The molecule has 0 unspecified atom stereocenters. The minimum atomic E-state index is 0.604. The van der Waals surface area contributed by atoms with E-state index in [1.807, 2.05) is 31.6 Å². The molecule has 0 aliphatic heterocycles. The van der Waals surface area contributed by atoms with Crippen LogP contribution < -0.4 is 5.32 Å². The minimum absolute atomic E-state index is 0.604. The van der Waals surface area contributed by atoms with E-state index in [9.17, 15) is 0 Å². The van der Waals surface area contributed by atoms with E-state index in [1.54, 1.807) is 10.7 Å². The van der Waals surface area contributed by atoms with E-state index in [0.717, 1.165) is 25.1 Å². The molecule has 5 heteroatoms. The zero-order valence-electron chi connectivity index (χ0n) is 10.2. The van der Waals surface area contributed by atoms with Gasteiger partial charge in [-0.3, -0.25) is 0 Å². The molecule has 0 saturated heterocycles. The summed E-state index contributed by atoms with van der Waals surface area (Å²) >= 11 is 12.0. The second-order valence-electron chi connectivity index (χ2n) is 4.10. The molecule has 1 aromatic carbocycles. The lowest BCUT2D eigenvalue weighted by Gasteiger charge is -2.04. The zero-order chi connectivity index (χ0) is 13.0. The highest BCUT2D eigenvalue weighted by molar-refractivity contribution is 6.35. The van der Waals surface area contributed by atoms with Gasteiger partial charge in [-0.1, -0.05) is 23.2 Å². The predicted molar refractivity (Wildman–Crippen MR) is 75.8 cm³/mol. The van der Waals surface area contributed by atoms with Crippen LogP contribution in [0.15, 0.2) is 30.6 Å². The molecular weight excluding hydrogens is 269 g/mol. The van der Waals surface area contributed by atoms with E-state index >= 15 is 0 Å². The maximum absolute atomic E-state index is 6.14. The van der Waals surface area contributed by atoms with E-state index in [2.05, 4.69) is 10.4 Å². The molecule has 0 atom stereocenters. The molecule has 2 rings (SSSR count). The van der Waals surface area contributed by atoms with Crippen LogP contribution in [0.3, 0.4) is 0 Å². The minimum Gasteiger partial charge on any atom is -0.320 e. The Hall–Kier alpha value is -1.03. The van der Waals surface area contributed by atoms with E-state index in [-0.39, 0.29) is 0 Å². The number of hydrogen-bond donors (Lipinski definition) is 1. The summed E-state index contributed by atoms with van der Waals surface area (Å²) in [6.07, 6.45) is 5.98. The standard InChI is InChI=1S/C13H15Cl2N3/c1-16-6-2-3-10-8-17-18(9-10)13-5-4-11(14)7-12(13)15/h4-5,7-9,16H,2-3,6H2,1H3. The van der Waals surface area contributed by atoms with Crippen molar-refractivity contribution in [2.75, 3.05) is 13.6 Å². The molecule has 0 saturated carbocycles. The monoisotopic (exact) mass is 283 g/mol. The van der Waals surface area contributed by atoms with Gasteiger partial charge < -0.3 is 5.32 Å². The van der Waals surface area contributed by atoms with Crippen LogP contribution in [-0.4, -0.2) is 23.4 Å². The predicted octanol–water partition coefficient (Wildman–Crippen LogP) is 3.33. The van der Waals surface area contributed by atoms with Crippen LogP contribution in [0.5, 0.6) is 0 Å². The number of rotatable bonds is 5. The Morgan fingerprint density at radius 3 is 2.89 bits per heavy atom. The number of benzene rings is 1. The maximum Gasteiger partial charge on any atom is 0.0832 e. The third kappa shape index (κ3) is 3.25. The Labute approximate surface area is 117 Å². The lowest BCUT2D eigenvalue weighted by atomic mass is 10.2. The Balaban J connectivity index is 2.13. The van der Waals surface area contributed by atoms with Crippen LogP contribution >= 0.6 is 23.2 Å². The van der Waals surface area contributed by atoms with Gasteiger partial charge in [-0.15, -0.1) is 0 Å². The van der Waals surface area contributed by atoms with Gasteiger partial charge in [0.25, 0.3) is 0 Å². The van der Waals surface area contributed by atoms with Crippen LogP contribution in [0, 0.1) is 0 Å². The summed E-state index contributed by atoms with van der Waals surface area (Å²) in [6.45, 7) is 1.01. The van der Waals surface area contributed by atoms with Gasteiger partial charge in [0.05, 0.1) is 16.9 Å². The highest BCUT2D eigenvalue weighted by Crippen LogP contribution is 2.24. The number of aromatic nitrogens is 2. The average Bonchev–Trinajstić information content (AvgIpc) is 2.78. The van der Waals surface area contributed by atoms with Crippen molar-refractivity contribution in [3.05, 3.63) is 46.2 Å². The summed E-state index contributed by atoms with van der Waals surface area (Å²) in [4.78, 5) is 0. The third-order valence-electron chi connectivity index (χ3n) is 2.68. The molecule has 0 amide bonds. The molecule has 0 spiro atoms. The van der Waals surface area contributed by atoms with Gasteiger partial charge in [0, 0.05) is 11.2 Å². The molecule has 1 aromatic heterocycles. The van der Waals surface area contributed by atoms with Crippen LogP contribution in [0.4, 0.5) is 0 Å². The highest BCUT2D eigenvalue weighted by atomic mass is 35.5. The molecule has 3 nitrogen and oxygen atoms in total. The van der Waals surface area contributed by atoms with Crippen molar-refractivity contribution in [1.29, 1.82) is 0 Å². The molecule has 96 valence electrons. The Bertz CT molecular complexity index is 523. The van der Waals surface area contributed by atoms with E-state index in [0.29, 0.717) is 10.0 Å². The van der Waals surface area contributed by atoms with Crippen molar-refractivity contribution < 1.29 is 0 Å². The first-order chi connectivity index (χ1) is 8.70. The van der Waals surface area contributed by atoms with Gasteiger partial charge in [0.1, 0.15) is 0 Å². The van der Waals surface area contributed by atoms with Crippen LogP contribution in [0.2, 0.25) is 10.0 Å². The molecule has 1 heterocycles. The third-order valence-corrected chi connectivity index (χ3v) is 3.22. The first kappa shape index (κ1) is 13.4. The van der Waals surface area contributed by atoms with E-state index < -0.39 is 0 Å². The average molecular weight is 284 g/mol. The highest BCUT2D eigenvalue weighted by Gasteiger charge is 2.05. The number of hydrogen-bond acceptors (Lipinski definition) is 2. The molecule has 0 aliphatic rings. The Morgan fingerprint density at radius 2 is 2.17 bits per heavy atom. The Morgan fingerprint density at radius 1 is 1.33 bits per heavy atom. The molecule has 2 aromatic rings. The zero-order valence-corrected chi connectivity index (χ0v) is 11.7. The van der Waals surface area contributed by atoms with Gasteiger partial charge in [-0.05, 0) is 50.2 Å². The number of nitrogens with one attached hydrogen (secondary N) is 1. The van der Waals surface area contributed by atoms with Crippen molar-refractivity contribution in [2.24, 2.45) is 0 Å². The fourth-order valence-electron chi connectivity index (χ4n) is 1.76. The second-order valence-corrected chi connectivity index (χ2v) is 4.94. The van der Waals surface area contributed by atoms with E-state index in [4.69, 9.17) is 23.2 Å². The fraction of sp³-hybridized carbons (Fsp3) is 0.308. The van der Waals surface area contributed by atoms with Crippen LogP contribution in [0.25, 0.3) is 5.69 Å².